The minimum absolute atomic E-state index is 0.0182. The molecule has 0 unspecified atom stereocenters. The van der Waals surface area contributed by atoms with Gasteiger partial charge in [0.25, 0.3) is 0 Å². The summed E-state index contributed by atoms with van der Waals surface area (Å²) in [6.07, 6.45) is 3.87. The van der Waals surface area contributed by atoms with Crippen LogP contribution < -0.4 is 0 Å². The zero-order valence-electron chi connectivity index (χ0n) is 10.2. The molecule has 0 bridgehead atoms. The van der Waals surface area contributed by atoms with Crippen molar-refractivity contribution in [1.82, 2.24) is 0 Å². The SMILES string of the molecule is C=C/C=C(\C)[C@H](C)[C@H](C)C(C)(C)CO. The van der Waals surface area contributed by atoms with Gasteiger partial charge in [-0.15, -0.1) is 0 Å². The average Bonchev–Trinajstić information content (AvgIpc) is 2.15. The lowest BCUT2D eigenvalue weighted by Gasteiger charge is -2.34. The second-order valence-corrected chi connectivity index (χ2v) is 4.87. The van der Waals surface area contributed by atoms with E-state index < -0.39 is 0 Å². The molecule has 82 valence electrons. The third-order valence-electron chi connectivity index (χ3n) is 3.49. The Labute approximate surface area is 88.5 Å². The van der Waals surface area contributed by atoms with E-state index in [2.05, 4.69) is 47.3 Å². The van der Waals surface area contributed by atoms with Crippen LogP contribution in [0.25, 0.3) is 0 Å². The molecule has 0 aliphatic rings. The number of hydrogen-bond donors (Lipinski definition) is 1. The summed E-state index contributed by atoms with van der Waals surface area (Å²) in [5, 5.41) is 9.29. The highest BCUT2D eigenvalue weighted by Gasteiger charge is 2.29. The topological polar surface area (TPSA) is 20.2 Å². The van der Waals surface area contributed by atoms with E-state index in [1.165, 1.54) is 5.57 Å². The first kappa shape index (κ1) is 13.4. The lowest BCUT2D eigenvalue weighted by molar-refractivity contribution is 0.0842. The fraction of sp³-hybridized carbons (Fsp3) is 0.692. The molecule has 1 N–H and O–H groups in total. The van der Waals surface area contributed by atoms with Crippen LogP contribution in [-0.4, -0.2) is 11.7 Å². The van der Waals surface area contributed by atoms with Gasteiger partial charge in [0.2, 0.25) is 0 Å². The van der Waals surface area contributed by atoms with E-state index in [0.29, 0.717) is 11.8 Å². The Hall–Kier alpha value is -0.560. The summed E-state index contributed by atoms with van der Waals surface area (Å²) in [7, 11) is 0. The van der Waals surface area contributed by atoms with Crippen LogP contribution in [0.3, 0.4) is 0 Å². The minimum atomic E-state index is -0.0182. The van der Waals surface area contributed by atoms with Crippen molar-refractivity contribution in [3.05, 3.63) is 24.3 Å². The van der Waals surface area contributed by atoms with E-state index in [4.69, 9.17) is 0 Å². The van der Waals surface area contributed by atoms with Crippen molar-refractivity contribution in [3.63, 3.8) is 0 Å². The molecular formula is C13H24O. The van der Waals surface area contributed by atoms with Crippen LogP contribution in [0.5, 0.6) is 0 Å². The van der Waals surface area contributed by atoms with Crippen molar-refractivity contribution in [3.8, 4) is 0 Å². The van der Waals surface area contributed by atoms with Crippen molar-refractivity contribution in [2.45, 2.75) is 34.6 Å². The first-order valence-corrected chi connectivity index (χ1v) is 5.27. The van der Waals surface area contributed by atoms with E-state index >= 15 is 0 Å². The molecule has 0 rings (SSSR count). The van der Waals surface area contributed by atoms with Gasteiger partial charge in [0.1, 0.15) is 0 Å². The fourth-order valence-electron chi connectivity index (χ4n) is 1.55. The largest absolute Gasteiger partial charge is 0.396 e. The molecule has 0 aromatic carbocycles. The molecule has 0 saturated carbocycles. The molecule has 1 heteroatoms. The van der Waals surface area contributed by atoms with Crippen LogP contribution in [0.1, 0.15) is 34.6 Å². The molecule has 0 spiro atoms. The van der Waals surface area contributed by atoms with Gasteiger partial charge in [0, 0.05) is 6.61 Å². The molecule has 1 nitrogen and oxygen atoms in total. The molecular weight excluding hydrogens is 172 g/mol. The van der Waals surface area contributed by atoms with E-state index in [1.807, 2.05) is 6.08 Å². The number of aliphatic hydroxyl groups excluding tert-OH is 1. The van der Waals surface area contributed by atoms with Crippen molar-refractivity contribution in [2.75, 3.05) is 6.61 Å². The summed E-state index contributed by atoms with van der Waals surface area (Å²) < 4.78 is 0. The molecule has 14 heavy (non-hydrogen) atoms. The van der Waals surface area contributed by atoms with Crippen LogP contribution in [0.2, 0.25) is 0 Å². The summed E-state index contributed by atoms with van der Waals surface area (Å²) >= 11 is 0. The van der Waals surface area contributed by atoms with Gasteiger partial charge in [-0.05, 0) is 24.2 Å². The molecule has 0 aromatic rings. The van der Waals surface area contributed by atoms with Crippen LogP contribution in [0.15, 0.2) is 24.3 Å². The Bertz CT molecular complexity index is 213. The second-order valence-electron chi connectivity index (χ2n) is 4.87. The number of allylic oxidation sites excluding steroid dienone is 3. The molecule has 0 amide bonds. The lowest BCUT2D eigenvalue weighted by atomic mass is 9.72. The third-order valence-corrected chi connectivity index (χ3v) is 3.49. The maximum absolute atomic E-state index is 9.29. The zero-order valence-corrected chi connectivity index (χ0v) is 10.2. The van der Waals surface area contributed by atoms with Gasteiger partial charge in [0.15, 0.2) is 0 Å². The molecule has 0 radical (unpaired) electrons. The molecule has 2 atom stereocenters. The Morgan fingerprint density at radius 3 is 2.29 bits per heavy atom. The van der Waals surface area contributed by atoms with Gasteiger partial charge in [-0.1, -0.05) is 52.0 Å². The quantitative estimate of drug-likeness (QED) is 0.668. The number of rotatable bonds is 5. The number of aliphatic hydroxyl groups is 1. The van der Waals surface area contributed by atoms with E-state index in [9.17, 15) is 5.11 Å². The summed E-state index contributed by atoms with van der Waals surface area (Å²) in [6, 6.07) is 0. The predicted molar refractivity (Wildman–Crippen MR) is 63.1 cm³/mol. The van der Waals surface area contributed by atoms with Gasteiger partial charge in [0.05, 0.1) is 0 Å². The predicted octanol–water partition coefficient (Wildman–Crippen LogP) is 3.41. The fourth-order valence-corrected chi connectivity index (χ4v) is 1.55. The van der Waals surface area contributed by atoms with Gasteiger partial charge in [-0.3, -0.25) is 0 Å². The first-order chi connectivity index (χ1) is 6.36. The molecule has 0 aliphatic carbocycles. The molecule has 0 saturated heterocycles. The Morgan fingerprint density at radius 1 is 1.43 bits per heavy atom. The molecule has 0 aliphatic heterocycles. The summed E-state index contributed by atoms with van der Waals surface area (Å²) in [5.41, 5.74) is 1.31. The summed E-state index contributed by atoms with van der Waals surface area (Å²) in [4.78, 5) is 0. The smallest absolute Gasteiger partial charge is 0.0484 e. The highest BCUT2D eigenvalue weighted by atomic mass is 16.3. The van der Waals surface area contributed by atoms with Crippen molar-refractivity contribution >= 4 is 0 Å². The normalized spacial score (nSPS) is 17.7. The molecule has 0 aromatic heterocycles. The highest BCUT2D eigenvalue weighted by Crippen LogP contribution is 2.35. The van der Waals surface area contributed by atoms with Crippen molar-refractivity contribution < 1.29 is 5.11 Å². The van der Waals surface area contributed by atoms with Crippen molar-refractivity contribution in [1.29, 1.82) is 0 Å². The van der Waals surface area contributed by atoms with E-state index in [1.54, 1.807) is 0 Å². The Balaban J connectivity index is 4.61. The zero-order chi connectivity index (χ0) is 11.4. The monoisotopic (exact) mass is 196 g/mol. The first-order valence-electron chi connectivity index (χ1n) is 5.27. The van der Waals surface area contributed by atoms with Crippen LogP contribution in [0.4, 0.5) is 0 Å². The summed E-state index contributed by atoms with van der Waals surface area (Å²) in [6.45, 7) is 14.7. The van der Waals surface area contributed by atoms with Gasteiger partial charge >= 0.3 is 0 Å². The molecule has 0 heterocycles. The Morgan fingerprint density at radius 2 is 1.93 bits per heavy atom. The van der Waals surface area contributed by atoms with E-state index in [-0.39, 0.29) is 12.0 Å². The van der Waals surface area contributed by atoms with Crippen LogP contribution in [0, 0.1) is 17.3 Å². The Kier molecular flexibility index (Phi) is 5.14. The lowest BCUT2D eigenvalue weighted by Crippen LogP contribution is -2.30. The number of hydrogen-bond acceptors (Lipinski definition) is 1. The van der Waals surface area contributed by atoms with E-state index in [0.717, 1.165) is 0 Å². The summed E-state index contributed by atoms with van der Waals surface area (Å²) in [5.74, 6) is 0.943. The standard InChI is InChI=1S/C13H24O/c1-7-8-10(2)11(3)12(4)13(5,6)9-14/h7-8,11-12,14H,1,9H2,2-6H3/b10-8+/t11-,12-/m0/s1. The van der Waals surface area contributed by atoms with Crippen molar-refractivity contribution in [2.24, 2.45) is 17.3 Å². The van der Waals surface area contributed by atoms with Gasteiger partial charge < -0.3 is 5.11 Å². The maximum atomic E-state index is 9.29. The van der Waals surface area contributed by atoms with Gasteiger partial charge in [-0.25, -0.2) is 0 Å². The second kappa shape index (κ2) is 5.35. The third kappa shape index (κ3) is 3.30. The minimum Gasteiger partial charge on any atom is -0.396 e. The highest BCUT2D eigenvalue weighted by molar-refractivity contribution is 5.11. The average molecular weight is 196 g/mol. The van der Waals surface area contributed by atoms with Crippen LogP contribution >= 0.6 is 0 Å². The molecule has 0 fully saturated rings. The van der Waals surface area contributed by atoms with Gasteiger partial charge in [-0.2, -0.15) is 0 Å². The van der Waals surface area contributed by atoms with Crippen LogP contribution in [-0.2, 0) is 0 Å². The maximum Gasteiger partial charge on any atom is 0.0484 e.